The number of para-hydroxylation sites is 1. The molecular weight excluding hydrogens is 550 g/mol. The Hall–Kier alpha value is -3.32. The van der Waals surface area contributed by atoms with E-state index >= 15 is 0 Å². The van der Waals surface area contributed by atoms with Gasteiger partial charge in [-0.25, -0.2) is 18.0 Å². The highest BCUT2D eigenvalue weighted by molar-refractivity contribution is 9.10. The van der Waals surface area contributed by atoms with Gasteiger partial charge in [0.25, 0.3) is 5.56 Å². The molecule has 0 aliphatic heterocycles. The fraction of sp³-hybridized carbons (Fsp3) is 0.182. The van der Waals surface area contributed by atoms with E-state index in [1.165, 1.54) is 6.07 Å². The zero-order valence-electron chi connectivity index (χ0n) is 17.7. The van der Waals surface area contributed by atoms with Gasteiger partial charge in [0.15, 0.2) is 11.5 Å². The minimum Gasteiger partial charge on any atom is -0.483 e. The second-order valence-corrected chi connectivity index (χ2v) is 7.85. The summed E-state index contributed by atoms with van der Waals surface area (Å²) >= 11 is 2.86. The van der Waals surface area contributed by atoms with Crippen molar-refractivity contribution >= 4 is 21.9 Å². The summed E-state index contributed by atoms with van der Waals surface area (Å²) in [6.45, 7) is 0.467. The molecule has 2 aromatic carbocycles. The lowest BCUT2D eigenvalue weighted by Crippen LogP contribution is -2.31. The van der Waals surface area contributed by atoms with Crippen LogP contribution in [0.5, 0.6) is 11.5 Å². The molecule has 0 bridgehead atoms. The lowest BCUT2D eigenvalue weighted by molar-refractivity contribution is -0.189. The van der Waals surface area contributed by atoms with Crippen LogP contribution < -0.4 is 20.8 Å². The summed E-state index contributed by atoms with van der Waals surface area (Å²) in [5.74, 6) is -7.24. The van der Waals surface area contributed by atoms with Crippen LogP contribution in [0.4, 0.5) is 26.3 Å². The average Bonchev–Trinajstić information content (AvgIpc) is 2.78. The van der Waals surface area contributed by atoms with Gasteiger partial charge < -0.3 is 15.2 Å². The Balaban J connectivity index is 2.21. The molecule has 6 nitrogen and oxygen atoms in total. The van der Waals surface area contributed by atoms with Gasteiger partial charge in [0, 0.05) is 6.54 Å². The zero-order valence-corrected chi connectivity index (χ0v) is 19.3. The summed E-state index contributed by atoms with van der Waals surface area (Å²) in [4.78, 5) is 24.6. The van der Waals surface area contributed by atoms with Crippen molar-refractivity contribution < 1.29 is 40.6 Å². The summed E-state index contributed by atoms with van der Waals surface area (Å²) in [5, 5.41) is 0. The van der Waals surface area contributed by atoms with E-state index in [1.807, 2.05) is 0 Å². The normalized spacial score (nSPS) is 11.5. The van der Waals surface area contributed by atoms with E-state index in [0.717, 1.165) is 37.3 Å². The van der Waals surface area contributed by atoms with E-state index in [2.05, 4.69) is 20.7 Å². The van der Waals surface area contributed by atoms with Crippen LogP contribution in [0, 0.1) is 24.4 Å². The van der Waals surface area contributed by atoms with E-state index in [0.29, 0.717) is 15.7 Å². The maximum Gasteiger partial charge on any atom is 0.491 e. The van der Waals surface area contributed by atoms with Gasteiger partial charge in [-0.1, -0.05) is 12.1 Å². The highest BCUT2D eigenvalue weighted by Crippen LogP contribution is 2.39. The number of nitrogens with zero attached hydrogens (tertiary/aromatic N) is 1. The molecule has 0 aliphatic rings. The number of esters is 1. The molecule has 186 valence electrons. The first kappa shape index (κ1) is 26.3. The molecule has 0 aliphatic carbocycles. The quantitative estimate of drug-likeness (QED) is 0.342. The summed E-state index contributed by atoms with van der Waals surface area (Å²) < 4.78 is 91.0. The fourth-order valence-electron chi connectivity index (χ4n) is 3.16. The molecule has 0 saturated carbocycles. The van der Waals surface area contributed by atoms with Gasteiger partial charge in [0.05, 0.1) is 5.69 Å². The van der Waals surface area contributed by atoms with E-state index in [4.69, 9.17) is 10.5 Å². The molecule has 35 heavy (non-hydrogen) atoms. The second-order valence-electron chi connectivity index (χ2n) is 7.06. The standard InChI is InChI=1S/C22H15BrF6N2O4/c1-10-18(35-21(33)22(27,28)29)19(34-9-11-5-6-13(24)7-12(11)8-30)16(23)20(32)31(10)17-14(25)3-2-4-15(17)26/h2-7H,8-9,30H2,1H3. The third kappa shape index (κ3) is 5.35. The van der Waals surface area contributed by atoms with Gasteiger partial charge in [0.1, 0.15) is 34.2 Å². The molecule has 1 aromatic heterocycles. The number of hydrogen-bond acceptors (Lipinski definition) is 5. The van der Waals surface area contributed by atoms with Crippen LogP contribution in [0.1, 0.15) is 16.8 Å². The topological polar surface area (TPSA) is 83.6 Å². The number of benzene rings is 2. The lowest BCUT2D eigenvalue weighted by atomic mass is 10.1. The largest absolute Gasteiger partial charge is 0.491 e. The van der Waals surface area contributed by atoms with Gasteiger partial charge in [0.2, 0.25) is 0 Å². The van der Waals surface area contributed by atoms with Gasteiger partial charge >= 0.3 is 12.1 Å². The number of rotatable bonds is 6. The molecule has 0 spiro atoms. The number of carbonyl (C=O) groups is 1. The molecule has 3 rings (SSSR count). The second kappa shape index (κ2) is 10.1. The third-order valence-corrected chi connectivity index (χ3v) is 5.51. The minimum atomic E-state index is -5.44. The van der Waals surface area contributed by atoms with E-state index in [-0.39, 0.29) is 6.54 Å². The maximum atomic E-state index is 14.4. The first-order valence-corrected chi connectivity index (χ1v) is 10.4. The number of alkyl halides is 3. The average molecular weight is 565 g/mol. The Morgan fingerprint density at radius 1 is 1.06 bits per heavy atom. The zero-order chi connectivity index (χ0) is 26.1. The van der Waals surface area contributed by atoms with Crippen LogP contribution in [0.3, 0.4) is 0 Å². The molecule has 0 fully saturated rings. The van der Waals surface area contributed by atoms with Crippen LogP contribution in [-0.2, 0) is 17.9 Å². The smallest absolute Gasteiger partial charge is 0.483 e. The molecule has 13 heteroatoms. The monoisotopic (exact) mass is 564 g/mol. The van der Waals surface area contributed by atoms with E-state index in [1.54, 1.807) is 0 Å². The van der Waals surface area contributed by atoms with Crippen molar-refractivity contribution in [1.29, 1.82) is 0 Å². The van der Waals surface area contributed by atoms with Crippen molar-refractivity contribution in [2.45, 2.75) is 26.3 Å². The summed E-state index contributed by atoms with van der Waals surface area (Å²) in [6.07, 6.45) is -5.44. The summed E-state index contributed by atoms with van der Waals surface area (Å²) in [7, 11) is 0. The van der Waals surface area contributed by atoms with Crippen LogP contribution >= 0.6 is 15.9 Å². The third-order valence-electron chi connectivity index (χ3n) is 4.81. The number of hydrogen-bond donors (Lipinski definition) is 1. The van der Waals surface area contributed by atoms with Crippen LogP contribution in [0.2, 0.25) is 0 Å². The van der Waals surface area contributed by atoms with Crippen molar-refractivity contribution in [3.05, 3.63) is 85.5 Å². The Labute approximate surface area is 202 Å². The summed E-state index contributed by atoms with van der Waals surface area (Å²) in [6, 6.07) is 6.17. The van der Waals surface area contributed by atoms with Crippen LogP contribution in [0.15, 0.2) is 45.7 Å². The first-order chi connectivity index (χ1) is 16.4. The SMILES string of the molecule is Cc1c(OC(=O)C(F)(F)F)c(OCc2ccc(F)cc2CN)c(Br)c(=O)n1-c1c(F)cccc1F. The maximum absolute atomic E-state index is 14.4. The van der Waals surface area contributed by atoms with Gasteiger partial charge in [-0.15, -0.1) is 0 Å². The van der Waals surface area contributed by atoms with Crippen LogP contribution in [0.25, 0.3) is 5.69 Å². The molecule has 1 heterocycles. The van der Waals surface area contributed by atoms with Crippen molar-refractivity contribution in [2.24, 2.45) is 5.73 Å². The Bertz CT molecular complexity index is 1340. The highest BCUT2D eigenvalue weighted by Gasteiger charge is 2.43. The molecule has 0 radical (unpaired) electrons. The predicted octanol–water partition coefficient (Wildman–Crippen LogP) is 4.83. The highest BCUT2D eigenvalue weighted by atomic mass is 79.9. The minimum absolute atomic E-state index is 0.110. The number of carbonyl (C=O) groups excluding carboxylic acids is 1. The van der Waals surface area contributed by atoms with Crippen molar-refractivity contribution in [3.63, 3.8) is 0 Å². The van der Waals surface area contributed by atoms with Gasteiger partial charge in [-0.3, -0.25) is 9.36 Å². The molecular formula is C22H15BrF6N2O4. The predicted molar refractivity (Wildman–Crippen MR) is 115 cm³/mol. The lowest BCUT2D eigenvalue weighted by Gasteiger charge is -2.21. The molecule has 3 aromatic rings. The van der Waals surface area contributed by atoms with Crippen molar-refractivity contribution in [1.82, 2.24) is 4.57 Å². The number of nitrogens with two attached hydrogens (primary N) is 1. The number of halogens is 7. The fourth-order valence-corrected chi connectivity index (χ4v) is 3.63. The summed E-state index contributed by atoms with van der Waals surface area (Å²) in [5.41, 5.74) is 3.60. The Kier molecular flexibility index (Phi) is 7.60. The molecule has 0 amide bonds. The Morgan fingerprint density at radius 3 is 2.26 bits per heavy atom. The Morgan fingerprint density at radius 2 is 1.69 bits per heavy atom. The molecule has 0 atom stereocenters. The molecule has 0 unspecified atom stereocenters. The van der Waals surface area contributed by atoms with Crippen molar-refractivity contribution in [3.8, 4) is 17.2 Å². The molecule has 2 N–H and O–H groups in total. The number of ether oxygens (including phenoxy) is 2. The van der Waals surface area contributed by atoms with E-state index in [9.17, 15) is 35.9 Å². The number of pyridine rings is 1. The van der Waals surface area contributed by atoms with Gasteiger partial charge in [-0.05, 0) is 58.2 Å². The van der Waals surface area contributed by atoms with Crippen LogP contribution in [-0.4, -0.2) is 16.7 Å². The van der Waals surface area contributed by atoms with E-state index < -0.39 is 69.1 Å². The van der Waals surface area contributed by atoms with Crippen molar-refractivity contribution in [2.75, 3.05) is 0 Å². The first-order valence-electron chi connectivity index (χ1n) is 9.65. The van der Waals surface area contributed by atoms with Gasteiger partial charge in [-0.2, -0.15) is 13.2 Å². The molecule has 0 saturated heterocycles. The number of aromatic nitrogens is 1.